The maximum atomic E-state index is 5.90. The van der Waals surface area contributed by atoms with Crippen LogP contribution < -0.4 is 4.84 Å². The average Bonchev–Trinajstić information content (AvgIpc) is 2.04. The second-order valence-electron chi connectivity index (χ2n) is 2.35. The molecular formula is C8H9Cl2N. The van der Waals surface area contributed by atoms with E-state index >= 15 is 0 Å². The molecule has 0 radical (unpaired) electrons. The van der Waals surface area contributed by atoms with Gasteiger partial charge < -0.3 is 0 Å². The summed E-state index contributed by atoms with van der Waals surface area (Å²) >= 11 is 11.3. The van der Waals surface area contributed by atoms with Gasteiger partial charge in [-0.25, -0.2) is 4.84 Å². The quantitative estimate of drug-likeness (QED) is 0.706. The summed E-state index contributed by atoms with van der Waals surface area (Å²) in [7, 11) is 0. The van der Waals surface area contributed by atoms with Gasteiger partial charge in [0.15, 0.2) is 0 Å². The minimum atomic E-state index is 0.0883. The maximum absolute atomic E-state index is 5.90. The molecule has 0 heterocycles. The van der Waals surface area contributed by atoms with E-state index in [0.717, 1.165) is 10.6 Å². The molecule has 1 atom stereocenters. The lowest BCUT2D eigenvalue weighted by molar-refractivity contribution is 0.745. The summed E-state index contributed by atoms with van der Waals surface area (Å²) in [4.78, 5) is 2.61. The molecule has 0 aliphatic rings. The van der Waals surface area contributed by atoms with E-state index in [4.69, 9.17) is 23.4 Å². The zero-order chi connectivity index (χ0) is 8.27. The van der Waals surface area contributed by atoms with E-state index in [2.05, 4.69) is 4.84 Å². The van der Waals surface area contributed by atoms with Gasteiger partial charge in [-0.3, -0.25) is 0 Å². The molecule has 0 saturated carbocycles. The van der Waals surface area contributed by atoms with Crippen LogP contribution in [-0.2, 0) is 0 Å². The monoisotopic (exact) mass is 189 g/mol. The number of benzene rings is 1. The smallest absolute Gasteiger partial charge is 0.0456 e. The Morgan fingerprint density at radius 2 is 2.00 bits per heavy atom. The van der Waals surface area contributed by atoms with Gasteiger partial charge in [0, 0.05) is 11.1 Å². The van der Waals surface area contributed by atoms with E-state index in [-0.39, 0.29) is 6.04 Å². The lowest BCUT2D eigenvalue weighted by atomic mass is 10.1. The van der Waals surface area contributed by atoms with E-state index in [9.17, 15) is 0 Å². The van der Waals surface area contributed by atoms with Crippen LogP contribution in [0.3, 0.4) is 0 Å². The van der Waals surface area contributed by atoms with Crippen molar-refractivity contribution in [3.63, 3.8) is 0 Å². The van der Waals surface area contributed by atoms with Crippen LogP contribution in [-0.4, -0.2) is 0 Å². The van der Waals surface area contributed by atoms with Gasteiger partial charge in [-0.15, -0.1) is 0 Å². The lowest BCUT2D eigenvalue weighted by Crippen LogP contribution is -2.06. The zero-order valence-corrected chi connectivity index (χ0v) is 7.65. The van der Waals surface area contributed by atoms with Crippen molar-refractivity contribution in [1.82, 2.24) is 4.84 Å². The fraction of sp³-hybridized carbons (Fsp3) is 0.250. The Balaban J connectivity index is 2.93. The van der Waals surface area contributed by atoms with Crippen molar-refractivity contribution in [2.45, 2.75) is 13.0 Å². The average molecular weight is 190 g/mol. The summed E-state index contributed by atoms with van der Waals surface area (Å²) in [5.41, 5.74) is 1.02. The van der Waals surface area contributed by atoms with Crippen LogP contribution in [0.25, 0.3) is 0 Å². The fourth-order valence-corrected chi connectivity index (χ4v) is 1.30. The molecule has 60 valence electrons. The Bertz CT molecular complexity index is 237. The second kappa shape index (κ2) is 3.96. The zero-order valence-electron chi connectivity index (χ0n) is 6.14. The highest BCUT2D eigenvalue weighted by molar-refractivity contribution is 6.31. The number of hydrogen-bond donors (Lipinski definition) is 1. The molecule has 11 heavy (non-hydrogen) atoms. The van der Waals surface area contributed by atoms with Crippen molar-refractivity contribution in [2.24, 2.45) is 0 Å². The van der Waals surface area contributed by atoms with Crippen LogP contribution >= 0.6 is 23.4 Å². The fourth-order valence-electron chi connectivity index (χ4n) is 0.885. The Morgan fingerprint density at radius 3 is 2.55 bits per heavy atom. The van der Waals surface area contributed by atoms with Gasteiger partial charge in [-0.2, -0.15) is 0 Å². The first-order chi connectivity index (χ1) is 5.25. The Kier molecular flexibility index (Phi) is 3.18. The summed E-state index contributed by atoms with van der Waals surface area (Å²) in [5.74, 6) is 0. The molecule has 0 aromatic heterocycles. The van der Waals surface area contributed by atoms with E-state index < -0.39 is 0 Å². The molecule has 3 heteroatoms. The van der Waals surface area contributed by atoms with Crippen molar-refractivity contribution < 1.29 is 0 Å². The molecule has 0 aliphatic heterocycles. The third-order valence-electron chi connectivity index (χ3n) is 1.54. The van der Waals surface area contributed by atoms with Gasteiger partial charge in [-0.05, 0) is 30.3 Å². The highest BCUT2D eigenvalue weighted by atomic mass is 35.5. The van der Waals surface area contributed by atoms with Crippen LogP contribution in [0.15, 0.2) is 24.3 Å². The molecule has 1 nitrogen and oxygen atoms in total. The van der Waals surface area contributed by atoms with E-state index in [0.29, 0.717) is 0 Å². The van der Waals surface area contributed by atoms with Crippen LogP contribution in [0.4, 0.5) is 0 Å². The molecule has 0 fully saturated rings. The Hall–Kier alpha value is -0.240. The topological polar surface area (TPSA) is 12.0 Å². The van der Waals surface area contributed by atoms with Crippen molar-refractivity contribution >= 4 is 23.4 Å². The first kappa shape index (κ1) is 8.85. The largest absolute Gasteiger partial charge is 0.226 e. The highest BCUT2D eigenvalue weighted by Crippen LogP contribution is 2.21. The summed E-state index contributed by atoms with van der Waals surface area (Å²) in [5, 5.41) is 0.744. The van der Waals surface area contributed by atoms with E-state index in [1.807, 2.05) is 31.2 Å². The predicted octanol–water partition coefficient (Wildman–Crippen LogP) is 3.14. The minimum Gasteiger partial charge on any atom is -0.226 e. The first-order valence-electron chi connectivity index (χ1n) is 3.36. The molecule has 0 bridgehead atoms. The minimum absolute atomic E-state index is 0.0883. The molecule has 0 amide bonds. The predicted molar refractivity (Wildman–Crippen MR) is 48.9 cm³/mol. The molecule has 1 unspecified atom stereocenters. The molecule has 1 aromatic carbocycles. The molecule has 1 aromatic rings. The van der Waals surface area contributed by atoms with Crippen LogP contribution in [0.2, 0.25) is 5.02 Å². The first-order valence-corrected chi connectivity index (χ1v) is 4.12. The van der Waals surface area contributed by atoms with Crippen LogP contribution in [0.5, 0.6) is 0 Å². The van der Waals surface area contributed by atoms with Crippen molar-refractivity contribution in [1.29, 1.82) is 0 Å². The van der Waals surface area contributed by atoms with Crippen molar-refractivity contribution in [2.75, 3.05) is 0 Å². The number of halogens is 2. The Morgan fingerprint density at radius 1 is 1.36 bits per heavy atom. The standard InChI is InChI=1S/C8H9Cl2N/c1-6(11-10)7-4-2-3-5-8(7)9/h2-6,11H,1H3. The summed E-state index contributed by atoms with van der Waals surface area (Å²) in [6.45, 7) is 1.95. The van der Waals surface area contributed by atoms with Gasteiger partial charge in [0.2, 0.25) is 0 Å². The van der Waals surface area contributed by atoms with Crippen molar-refractivity contribution in [3.05, 3.63) is 34.9 Å². The van der Waals surface area contributed by atoms with E-state index in [1.165, 1.54) is 0 Å². The Labute approximate surface area is 76.4 Å². The molecule has 1 rings (SSSR count). The van der Waals surface area contributed by atoms with Gasteiger partial charge in [0.25, 0.3) is 0 Å². The van der Waals surface area contributed by atoms with Crippen LogP contribution in [0.1, 0.15) is 18.5 Å². The molecular weight excluding hydrogens is 181 g/mol. The highest BCUT2D eigenvalue weighted by Gasteiger charge is 2.05. The summed E-state index contributed by atoms with van der Waals surface area (Å²) in [6, 6.07) is 7.72. The lowest BCUT2D eigenvalue weighted by Gasteiger charge is -2.09. The number of nitrogens with one attached hydrogen (secondary N) is 1. The summed E-state index contributed by atoms with van der Waals surface area (Å²) < 4.78 is 0. The van der Waals surface area contributed by atoms with Gasteiger partial charge in [-0.1, -0.05) is 29.8 Å². The third kappa shape index (κ3) is 2.09. The van der Waals surface area contributed by atoms with E-state index in [1.54, 1.807) is 0 Å². The molecule has 0 aliphatic carbocycles. The maximum Gasteiger partial charge on any atom is 0.0456 e. The second-order valence-corrected chi connectivity index (χ2v) is 2.98. The van der Waals surface area contributed by atoms with Gasteiger partial charge in [0.1, 0.15) is 0 Å². The van der Waals surface area contributed by atoms with Gasteiger partial charge >= 0.3 is 0 Å². The van der Waals surface area contributed by atoms with Crippen LogP contribution in [0, 0.1) is 0 Å². The van der Waals surface area contributed by atoms with Gasteiger partial charge in [0.05, 0.1) is 0 Å². The SMILES string of the molecule is CC(NCl)c1ccccc1Cl. The molecule has 0 spiro atoms. The molecule has 0 saturated heterocycles. The summed E-state index contributed by atoms with van der Waals surface area (Å²) in [6.07, 6.45) is 0. The van der Waals surface area contributed by atoms with Crippen molar-refractivity contribution in [3.8, 4) is 0 Å². The number of hydrogen-bond acceptors (Lipinski definition) is 1. The third-order valence-corrected chi connectivity index (χ3v) is 2.21. The molecule has 1 N–H and O–H groups in total. The normalized spacial score (nSPS) is 13.0. The number of rotatable bonds is 2.